The summed E-state index contributed by atoms with van der Waals surface area (Å²) in [4.78, 5) is 29.3. The highest BCUT2D eigenvalue weighted by molar-refractivity contribution is 5.94. The van der Waals surface area contributed by atoms with Crippen LogP contribution in [0, 0.1) is 0 Å². The molecule has 3 N–H and O–H groups in total. The van der Waals surface area contributed by atoms with Gasteiger partial charge in [-0.15, -0.1) is 0 Å². The number of nitrogens with one attached hydrogen (secondary N) is 1. The van der Waals surface area contributed by atoms with E-state index in [1.165, 1.54) is 17.6 Å². The maximum Gasteiger partial charge on any atom is 0.230 e. The zero-order valence-corrected chi connectivity index (χ0v) is 17.0. The van der Waals surface area contributed by atoms with Crippen LogP contribution in [0.4, 0.5) is 11.5 Å². The predicted octanol–water partition coefficient (Wildman–Crippen LogP) is 2.47. The Labute approximate surface area is 178 Å². The summed E-state index contributed by atoms with van der Waals surface area (Å²) < 4.78 is 7.69. The first kappa shape index (κ1) is 19.0. The molecule has 0 aliphatic heterocycles. The van der Waals surface area contributed by atoms with Crippen molar-refractivity contribution in [3.05, 3.63) is 60.1 Å². The van der Waals surface area contributed by atoms with Gasteiger partial charge in [-0.25, -0.2) is 9.97 Å². The number of fused-ring (bicyclic) bond motifs is 3. The first-order valence-corrected chi connectivity index (χ1v) is 10.0. The average Bonchev–Trinajstić information content (AvgIpc) is 3.37. The minimum absolute atomic E-state index is 0.127. The Morgan fingerprint density at radius 1 is 1.23 bits per heavy atom. The van der Waals surface area contributed by atoms with Crippen LogP contribution < -0.4 is 15.8 Å². The van der Waals surface area contributed by atoms with Crippen LogP contribution >= 0.6 is 0 Å². The van der Waals surface area contributed by atoms with Gasteiger partial charge in [0.15, 0.2) is 5.82 Å². The minimum atomic E-state index is -0.198. The van der Waals surface area contributed by atoms with Crippen LogP contribution in [0.1, 0.15) is 23.4 Å². The predicted molar refractivity (Wildman–Crippen MR) is 116 cm³/mol. The molecule has 0 saturated carbocycles. The second kappa shape index (κ2) is 7.67. The zero-order valence-electron chi connectivity index (χ0n) is 17.0. The molecule has 9 nitrogen and oxygen atoms in total. The molecule has 156 valence electrons. The summed E-state index contributed by atoms with van der Waals surface area (Å²) in [6.07, 6.45) is 9.35. The fourth-order valence-corrected chi connectivity index (χ4v) is 4.19. The summed E-state index contributed by atoms with van der Waals surface area (Å²) in [5.41, 5.74) is 12.4. The van der Waals surface area contributed by atoms with Gasteiger partial charge in [-0.2, -0.15) is 0 Å². The smallest absolute Gasteiger partial charge is 0.230 e. The Kier molecular flexibility index (Phi) is 4.70. The number of nitrogens with two attached hydrogens (primary N) is 1. The molecule has 1 amide bonds. The van der Waals surface area contributed by atoms with Gasteiger partial charge in [0.05, 0.1) is 30.4 Å². The third kappa shape index (κ3) is 3.33. The lowest BCUT2D eigenvalue weighted by Crippen LogP contribution is -2.16. The minimum Gasteiger partial charge on any atom is -0.494 e. The molecule has 5 rings (SSSR count). The van der Waals surface area contributed by atoms with Crippen molar-refractivity contribution in [2.24, 2.45) is 0 Å². The van der Waals surface area contributed by atoms with Gasteiger partial charge in [-0.3, -0.25) is 14.8 Å². The molecule has 31 heavy (non-hydrogen) atoms. The van der Waals surface area contributed by atoms with E-state index >= 15 is 0 Å². The third-order valence-electron chi connectivity index (χ3n) is 5.49. The molecule has 0 atom stereocenters. The van der Waals surface area contributed by atoms with Crippen molar-refractivity contribution in [1.29, 1.82) is 0 Å². The molecule has 3 heterocycles. The average molecular weight is 415 g/mol. The van der Waals surface area contributed by atoms with Crippen molar-refractivity contribution < 1.29 is 9.53 Å². The number of anilines is 2. The van der Waals surface area contributed by atoms with Crippen LogP contribution in [-0.2, 0) is 24.1 Å². The SMILES string of the molecule is COc1cc(-n2c3c(c4ncnc(N)c42)CCC3)ccc1NC(=O)Cc1cnccn1. The number of aromatic nitrogens is 5. The number of aryl methyl sites for hydroxylation is 1. The van der Waals surface area contributed by atoms with E-state index in [2.05, 4.69) is 29.8 Å². The molecule has 3 aromatic heterocycles. The lowest BCUT2D eigenvalue weighted by atomic mass is 10.2. The first-order valence-electron chi connectivity index (χ1n) is 10.0. The molecule has 0 saturated heterocycles. The van der Waals surface area contributed by atoms with E-state index in [1.807, 2.05) is 18.2 Å². The number of amides is 1. The van der Waals surface area contributed by atoms with E-state index in [-0.39, 0.29) is 12.3 Å². The molecule has 4 aromatic rings. The molecule has 0 unspecified atom stereocenters. The molecule has 1 aliphatic carbocycles. The third-order valence-corrected chi connectivity index (χ3v) is 5.49. The number of hydrogen-bond acceptors (Lipinski definition) is 7. The molecule has 0 fully saturated rings. The number of nitrogens with zero attached hydrogens (tertiary/aromatic N) is 5. The molecule has 0 bridgehead atoms. The Balaban J connectivity index is 1.51. The molecular weight excluding hydrogens is 394 g/mol. The molecule has 1 aromatic carbocycles. The molecule has 0 spiro atoms. The number of methoxy groups -OCH3 is 1. The molecule has 1 aliphatic rings. The van der Waals surface area contributed by atoms with Gasteiger partial charge in [0.1, 0.15) is 17.6 Å². The topological polar surface area (TPSA) is 121 Å². The highest BCUT2D eigenvalue weighted by atomic mass is 16.5. The van der Waals surface area contributed by atoms with Gasteiger partial charge >= 0.3 is 0 Å². The number of hydrogen-bond donors (Lipinski definition) is 2. The van der Waals surface area contributed by atoms with Crippen molar-refractivity contribution in [3.8, 4) is 11.4 Å². The summed E-state index contributed by atoms with van der Waals surface area (Å²) in [5.74, 6) is 0.797. The number of ether oxygens (including phenoxy) is 1. The first-order chi connectivity index (χ1) is 15.2. The van der Waals surface area contributed by atoms with E-state index < -0.39 is 0 Å². The lowest BCUT2D eigenvalue weighted by Gasteiger charge is -2.15. The Bertz CT molecular complexity index is 1280. The van der Waals surface area contributed by atoms with Crippen molar-refractivity contribution in [1.82, 2.24) is 24.5 Å². The second-order valence-electron chi connectivity index (χ2n) is 7.38. The Morgan fingerprint density at radius 3 is 2.94 bits per heavy atom. The number of carbonyl (C=O) groups is 1. The second-order valence-corrected chi connectivity index (χ2v) is 7.38. The summed E-state index contributed by atoms with van der Waals surface area (Å²) in [7, 11) is 1.58. The van der Waals surface area contributed by atoms with Crippen molar-refractivity contribution in [3.63, 3.8) is 0 Å². The number of benzene rings is 1. The monoisotopic (exact) mass is 415 g/mol. The van der Waals surface area contributed by atoms with E-state index in [1.54, 1.807) is 25.7 Å². The largest absolute Gasteiger partial charge is 0.494 e. The van der Waals surface area contributed by atoms with Crippen molar-refractivity contribution in [2.45, 2.75) is 25.7 Å². The van der Waals surface area contributed by atoms with Gasteiger partial charge in [0, 0.05) is 36.0 Å². The summed E-state index contributed by atoms with van der Waals surface area (Å²) in [5, 5.41) is 2.89. The lowest BCUT2D eigenvalue weighted by molar-refractivity contribution is -0.115. The van der Waals surface area contributed by atoms with E-state index in [0.29, 0.717) is 22.9 Å². The maximum atomic E-state index is 12.5. The van der Waals surface area contributed by atoms with Crippen LogP contribution in [0.25, 0.3) is 16.7 Å². The van der Waals surface area contributed by atoms with Gasteiger partial charge in [-0.05, 0) is 37.0 Å². The van der Waals surface area contributed by atoms with Gasteiger partial charge in [-0.1, -0.05) is 0 Å². The molecule has 9 heteroatoms. The van der Waals surface area contributed by atoms with Crippen LogP contribution in [-0.4, -0.2) is 37.5 Å². The van der Waals surface area contributed by atoms with Crippen molar-refractivity contribution >= 4 is 28.4 Å². The van der Waals surface area contributed by atoms with Crippen molar-refractivity contribution in [2.75, 3.05) is 18.2 Å². The van der Waals surface area contributed by atoms with Crippen LogP contribution in [0.5, 0.6) is 5.75 Å². The summed E-state index contributed by atoms with van der Waals surface area (Å²) in [6.45, 7) is 0. The summed E-state index contributed by atoms with van der Waals surface area (Å²) >= 11 is 0. The normalized spacial score (nSPS) is 12.7. The quantitative estimate of drug-likeness (QED) is 0.514. The zero-order chi connectivity index (χ0) is 21.4. The van der Waals surface area contributed by atoms with Gasteiger partial charge in [0.2, 0.25) is 5.91 Å². The number of rotatable bonds is 5. The van der Waals surface area contributed by atoms with Crippen LogP contribution in [0.2, 0.25) is 0 Å². The fraction of sp³-hybridized carbons (Fsp3) is 0.227. The summed E-state index contributed by atoms with van der Waals surface area (Å²) in [6, 6.07) is 5.66. The van der Waals surface area contributed by atoms with E-state index in [9.17, 15) is 4.79 Å². The van der Waals surface area contributed by atoms with E-state index in [4.69, 9.17) is 10.5 Å². The van der Waals surface area contributed by atoms with Crippen LogP contribution in [0.3, 0.4) is 0 Å². The standard InChI is InChI=1S/C22H21N7O2/c1-31-18-10-14(5-6-16(18)28-19(30)9-13-11-24-7-8-25-13)29-17-4-2-3-15(17)20-21(29)22(23)27-12-26-20/h5-8,10-12H,2-4,9H2,1H3,(H,28,30)(H2,23,26,27). The maximum absolute atomic E-state index is 12.5. The van der Waals surface area contributed by atoms with E-state index in [0.717, 1.165) is 36.0 Å². The molecule has 0 radical (unpaired) electrons. The highest BCUT2D eigenvalue weighted by Gasteiger charge is 2.25. The molecular formula is C22H21N7O2. The number of carbonyl (C=O) groups excluding carboxylic acids is 1. The van der Waals surface area contributed by atoms with Gasteiger partial charge < -0.3 is 20.4 Å². The Morgan fingerprint density at radius 2 is 2.13 bits per heavy atom. The number of nitrogen functional groups attached to an aromatic ring is 1. The highest BCUT2D eigenvalue weighted by Crippen LogP contribution is 2.37. The fourth-order valence-electron chi connectivity index (χ4n) is 4.19. The Hall–Kier alpha value is -4.01. The van der Waals surface area contributed by atoms with Gasteiger partial charge in [0.25, 0.3) is 0 Å². The van der Waals surface area contributed by atoms with Crippen LogP contribution in [0.15, 0.2) is 43.1 Å².